The Hall–Kier alpha value is -6.52. The van der Waals surface area contributed by atoms with Gasteiger partial charge in [-0.1, -0.05) is 152 Å². The number of hydrogen-bond donors (Lipinski definition) is 0. The second kappa shape index (κ2) is 11.7. The number of pyridine rings is 1. The average Bonchev–Trinajstić information content (AvgIpc) is 3.18. The molecule has 0 aliphatic heterocycles. The molecule has 0 saturated carbocycles. The summed E-state index contributed by atoms with van der Waals surface area (Å²) in [6, 6.07) is 58.7. The van der Waals surface area contributed by atoms with Crippen molar-refractivity contribution < 1.29 is 0 Å². The van der Waals surface area contributed by atoms with Crippen LogP contribution in [0.3, 0.4) is 0 Å². The molecule has 0 atom stereocenters. The minimum Gasteiger partial charge on any atom is -0.247 e. The molecule has 0 saturated heterocycles. The van der Waals surface area contributed by atoms with Crippen molar-refractivity contribution >= 4 is 32.4 Å². The van der Waals surface area contributed by atoms with Crippen LogP contribution in [0, 0.1) is 0 Å². The van der Waals surface area contributed by atoms with E-state index in [1.54, 1.807) is 0 Å². The van der Waals surface area contributed by atoms with Crippen LogP contribution in [0.25, 0.3) is 89.0 Å². The van der Waals surface area contributed by atoms with Crippen molar-refractivity contribution in [1.29, 1.82) is 0 Å². The fourth-order valence-corrected chi connectivity index (χ4v) is 6.63. The molecule has 0 N–H and O–H groups in total. The molecule has 0 aliphatic rings. The maximum Gasteiger partial charge on any atom is 0.164 e. The number of fused-ring (bicyclic) bond motifs is 5. The highest BCUT2D eigenvalue weighted by atomic mass is 15.0. The third kappa shape index (κ3) is 4.88. The standard InChI is InChI=1S/C44H28N4/c1-4-15-29(16-5-1)41-38-28-37(34-23-10-11-24-35(34)40(38)36-25-12-13-26-39(36)45-41)32-21-14-22-33(27-32)44-47-42(30-17-6-2-7-18-30)46-43(48-44)31-19-8-3-9-20-31/h1-28H. The summed E-state index contributed by atoms with van der Waals surface area (Å²) in [7, 11) is 0. The Bertz CT molecular complexity index is 2540. The van der Waals surface area contributed by atoms with E-state index in [1.807, 2.05) is 66.7 Å². The summed E-state index contributed by atoms with van der Waals surface area (Å²) in [4.78, 5) is 20.1. The summed E-state index contributed by atoms with van der Waals surface area (Å²) >= 11 is 0. The van der Waals surface area contributed by atoms with Crippen LogP contribution in [0.15, 0.2) is 170 Å². The molecule has 2 heterocycles. The monoisotopic (exact) mass is 612 g/mol. The topological polar surface area (TPSA) is 51.6 Å². The zero-order valence-corrected chi connectivity index (χ0v) is 26.0. The van der Waals surface area contributed by atoms with Crippen LogP contribution >= 0.6 is 0 Å². The number of aromatic nitrogens is 4. The number of hydrogen-bond acceptors (Lipinski definition) is 4. The molecule has 7 aromatic carbocycles. The van der Waals surface area contributed by atoms with Gasteiger partial charge in [0.1, 0.15) is 0 Å². The Kier molecular flexibility index (Phi) is 6.76. The molecule has 9 aromatic rings. The molecule has 2 aromatic heterocycles. The van der Waals surface area contributed by atoms with Crippen LogP contribution in [0.4, 0.5) is 0 Å². The third-order valence-electron chi connectivity index (χ3n) is 8.88. The maximum absolute atomic E-state index is 5.23. The zero-order valence-electron chi connectivity index (χ0n) is 26.0. The molecule has 0 fully saturated rings. The van der Waals surface area contributed by atoms with Crippen LogP contribution in [-0.2, 0) is 0 Å². The van der Waals surface area contributed by atoms with Crippen LogP contribution in [0.5, 0.6) is 0 Å². The lowest BCUT2D eigenvalue weighted by Gasteiger charge is -2.16. The van der Waals surface area contributed by atoms with Gasteiger partial charge in [0.15, 0.2) is 17.5 Å². The van der Waals surface area contributed by atoms with Crippen molar-refractivity contribution in [1.82, 2.24) is 19.9 Å². The Morgan fingerprint density at radius 2 is 0.771 bits per heavy atom. The first-order valence-electron chi connectivity index (χ1n) is 16.1. The van der Waals surface area contributed by atoms with E-state index in [9.17, 15) is 0 Å². The van der Waals surface area contributed by atoms with E-state index in [1.165, 1.54) is 16.2 Å². The highest BCUT2D eigenvalue weighted by molar-refractivity contribution is 6.25. The predicted molar refractivity (Wildman–Crippen MR) is 197 cm³/mol. The summed E-state index contributed by atoms with van der Waals surface area (Å²) in [5.41, 5.74) is 8.09. The van der Waals surface area contributed by atoms with E-state index in [4.69, 9.17) is 19.9 Å². The van der Waals surface area contributed by atoms with Gasteiger partial charge in [0.05, 0.1) is 11.2 Å². The Labute approximate surface area is 278 Å². The molecule has 0 unspecified atom stereocenters. The van der Waals surface area contributed by atoms with E-state index >= 15 is 0 Å². The number of nitrogens with zero attached hydrogens (tertiary/aromatic N) is 4. The summed E-state index contributed by atoms with van der Waals surface area (Å²) in [6.45, 7) is 0. The number of rotatable bonds is 5. The van der Waals surface area contributed by atoms with Gasteiger partial charge in [0.2, 0.25) is 0 Å². The van der Waals surface area contributed by atoms with Gasteiger partial charge in [-0.3, -0.25) is 0 Å². The first-order chi connectivity index (χ1) is 23.8. The molecule has 0 bridgehead atoms. The van der Waals surface area contributed by atoms with Crippen molar-refractivity contribution in [3.05, 3.63) is 170 Å². The van der Waals surface area contributed by atoms with E-state index in [0.29, 0.717) is 17.5 Å². The largest absolute Gasteiger partial charge is 0.247 e. The average molecular weight is 613 g/mol. The predicted octanol–water partition coefficient (Wildman–Crippen LogP) is 11.1. The van der Waals surface area contributed by atoms with E-state index in [2.05, 4.69) is 103 Å². The van der Waals surface area contributed by atoms with E-state index in [0.717, 1.165) is 55.4 Å². The molecule has 48 heavy (non-hydrogen) atoms. The van der Waals surface area contributed by atoms with Gasteiger partial charge < -0.3 is 0 Å². The lowest BCUT2D eigenvalue weighted by Crippen LogP contribution is -2.00. The van der Waals surface area contributed by atoms with Gasteiger partial charge in [0, 0.05) is 38.4 Å². The molecule has 4 heteroatoms. The molecule has 0 radical (unpaired) electrons. The van der Waals surface area contributed by atoms with Gasteiger partial charge in [-0.2, -0.15) is 0 Å². The second-order valence-electron chi connectivity index (χ2n) is 11.9. The number of benzene rings is 7. The molecule has 9 rings (SSSR count). The van der Waals surface area contributed by atoms with Crippen molar-refractivity contribution in [2.24, 2.45) is 0 Å². The van der Waals surface area contributed by atoms with Crippen LogP contribution in [0.2, 0.25) is 0 Å². The smallest absolute Gasteiger partial charge is 0.164 e. The molecule has 0 spiro atoms. The maximum atomic E-state index is 5.23. The minimum atomic E-state index is 0.632. The summed E-state index contributed by atoms with van der Waals surface area (Å²) in [6.07, 6.45) is 0. The summed E-state index contributed by atoms with van der Waals surface area (Å²) in [5.74, 6) is 1.92. The van der Waals surface area contributed by atoms with Crippen molar-refractivity contribution in [3.63, 3.8) is 0 Å². The molecular formula is C44H28N4. The number of para-hydroxylation sites is 1. The Morgan fingerprint density at radius 1 is 0.292 bits per heavy atom. The van der Waals surface area contributed by atoms with Crippen LogP contribution in [-0.4, -0.2) is 19.9 Å². The second-order valence-corrected chi connectivity index (χ2v) is 11.9. The first-order valence-corrected chi connectivity index (χ1v) is 16.1. The van der Waals surface area contributed by atoms with Crippen LogP contribution in [0.1, 0.15) is 0 Å². The lowest BCUT2D eigenvalue weighted by molar-refractivity contribution is 1.07. The zero-order chi connectivity index (χ0) is 31.9. The molecule has 0 amide bonds. The fraction of sp³-hybridized carbons (Fsp3) is 0. The summed E-state index contributed by atoms with van der Waals surface area (Å²) < 4.78 is 0. The van der Waals surface area contributed by atoms with E-state index < -0.39 is 0 Å². The molecule has 0 aliphatic carbocycles. The van der Waals surface area contributed by atoms with Gasteiger partial charge in [0.25, 0.3) is 0 Å². The Balaban J connectivity index is 1.29. The summed E-state index contributed by atoms with van der Waals surface area (Å²) in [5, 5.41) is 5.87. The molecule has 4 nitrogen and oxygen atoms in total. The SMILES string of the molecule is c1ccc(-c2nc(-c3ccccc3)nc(-c3cccc(-c4cc5c(-c6ccccc6)nc6ccccc6c5c5ccccc45)c3)n2)cc1. The molecule has 224 valence electrons. The van der Waals surface area contributed by atoms with Crippen molar-refractivity contribution in [3.8, 4) is 56.5 Å². The fourth-order valence-electron chi connectivity index (χ4n) is 6.63. The van der Waals surface area contributed by atoms with Crippen molar-refractivity contribution in [2.75, 3.05) is 0 Å². The highest BCUT2D eigenvalue weighted by Gasteiger charge is 2.18. The highest BCUT2D eigenvalue weighted by Crippen LogP contribution is 2.42. The molecular weight excluding hydrogens is 585 g/mol. The first kappa shape index (κ1) is 27.8. The normalized spacial score (nSPS) is 11.3. The Morgan fingerprint density at radius 3 is 1.42 bits per heavy atom. The lowest BCUT2D eigenvalue weighted by atomic mass is 9.89. The van der Waals surface area contributed by atoms with Gasteiger partial charge in [-0.05, 0) is 40.1 Å². The quantitative estimate of drug-likeness (QED) is 0.181. The van der Waals surface area contributed by atoms with E-state index in [-0.39, 0.29) is 0 Å². The third-order valence-corrected chi connectivity index (χ3v) is 8.88. The van der Waals surface area contributed by atoms with Gasteiger partial charge >= 0.3 is 0 Å². The van der Waals surface area contributed by atoms with Crippen molar-refractivity contribution in [2.45, 2.75) is 0 Å². The van der Waals surface area contributed by atoms with Crippen LogP contribution < -0.4 is 0 Å². The van der Waals surface area contributed by atoms with Gasteiger partial charge in [-0.15, -0.1) is 0 Å². The van der Waals surface area contributed by atoms with Gasteiger partial charge in [-0.25, -0.2) is 19.9 Å². The minimum absolute atomic E-state index is 0.632.